The molecule has 0 aromatic heterocycles. The molecule has 2 aromatic carbocycles. The average molecular weight is 399 g/mol. The summed E-state index contributed by atoms with van der Waals surface area (Å²) in [6, 6.07) is 14.7. The van der Waals surface area contributed by atoms with Gasteiger partial charge in [-0.2, -0.15) is 0 Å². The third kappa shape index (κ3) is 7.66. The second kappa shape index (κ2) is 12.0. The number of ether oxygens (including phenoxy) is 2. The smallest absolute Gasteiger partial charge is 0.191 e. The standard InChI is InChI=1S/C23H34N4O2/c1-6-24-23(25-16-19-8-11-21(12-9-19)27(3)4)26-17-20-10-7-18(2)15-22(20)29-14-13-28-5/h7-12,15H,6,13-14,16-17H2,1-5H3,(H2,24,25,26). The van der Waals surface area contributed by atoms with Gasteiger partial charge in [-0.05, 0) is 43.2 Å². The minimum atomic E-state index is 0.532. The van der Waals surface area contributed by atoms with Crippen LogP contribution in [0.25, 0.3) is 0 Å². The van der Waals surface area contributed by atoms with Crippen molar-refractivity contribution in [3.8, 4) is 5.75 Å². The van der Waals surface area contributed by atoms with E-state index in [2.05, 4.69) is 71.8 Å². The quantitative estimate of drug-likeness (QED) is 0.365. The number of hydrogen-bond donors (Lipinski definition) is 2. The van der Waals surface area contributed by atoms with Crippen LogP contribution in [0.4, 0.5) is 5.69 Å². The third-order valence-corrected chi connectivity index (χ3v) is 4.43. The van der Waals surface area contributed by atoms with Crippen LogP contribution in [0, 0.1) is 6.92 Å². The number of aliphatic imine (C=N–C) groups is 1. The lowest BCUT2D eigenvalue weighted by Gasteiger charge is -2.15. The molecule has 0 unspecified atom stereocenters. The zero-order chi connectivity index (χ0) is 21.1. The van der Waals surface area contributed by atoms with Crippen LogP contribution in [0.3, 0.4) is 0 Å². The molecule has 6 nitrogen and oxygen atoms in total. The van der Waals surface area contributed by atoms with Crippen molar-refractivity contribution in [2.75, 3.05) is 45.9 Å². The van der Waals surface area contributed by atoms with Crippen molar-refractivity contribution in [2.24, 2.45) is 4.99 Å². The van der Waals surface area contributed by atoms with Crippen molar-refractivity contribution in [2.45, 2.75) is 26.9 Å². The van der Waals surface area contributed by atoms with E-state index in [1.807, 2.05) is 14.1 Å². The Morgan fingerprint density at radius 2 is 1.79 bits per heavy atom. The molecule has 0 amide bonds. The number of benzene rings is 2. The molecule has 0 bridgehead atoms. The zero-order valence-electron chi connectivity index (χ0n) is 18.3. The Kier molecular flexibility index (Phi) is 9.31. The molecule has 0 aliphatic carbocycles. The Morgan fingerprint density at radius 1 is 1.03 bits per heavy atom. The molecular weight excluding hydrogens is 364 g/mol. The first-order valence-corrected chi connectivity index (χ1v) is 10.0. The number of aryl methyl sites for hydroxylation is 1. The van der Waals surface area contributed by atoms with Crippen LogP contribution < -0.4 is 20.3 Å². The maximum Gasteiger partial charge on any atom is 0.191 e. The highest BCUT2D eigenvalue weighted by atomic mass is 16.5. The van der Waals surface area contributed by atoms with Crippen molar-refractivity contribution < 1.29 is 9.47 Å². The van der Waals surface area contributed by atoms with E-state index in [1.165, 1.54) is 16.8 Å². The molecule has 0 aliphatic rings. The number of anilines is 1. The maximum atomic E-state index is 5.88. The Morgan fingerprint density at radius 3 is 2.45 bits per heavy atom. The van der Waals surface area contributed by atoms with E-state index in [0.717, 1.165) is 23.8 Å². The van der Waals surface area contributed by atoms with E-state index < -0.39 is 0 Å². The maximum absolute atomic E-state index is 5.88. The number of methoxy groups -OCH3 is 1. The Balaban J connectivity index is 2.02. The minimum absolute atomic E-state index is 0.532. The van der Waals surface area contributed by atoms with Crippen LogP contribution in [0.2, 0.25) is 0 Å². The second-order valence-electron chi connectivity index (χ2n) is 7.06. The molecule has 0 saturated heterocycles. The minimum Gasteiger partial charge on any atom is -0.491 e. The van der Waals surface area contributed by atoms with Gasteiger partial charge < -0.3 is 25.0 Å². The number of hydrogen-bond acceptors (Lipinski definition) is 4. The summed E-state index contributed by atoms with van der Waals surface area (Å²) in [5.41, 5.74) is 4.62. The highest BCUT2D eigenvalue weighted by molar-refractivity contribution is 5.79. The predicted octanol–water partition coefficient (Wildman–Crippen LogP) is 3.34. The van der Waals surface area contributed by atoms with Gasteiger partial charge in [-0.15, -0.1) is 0 Å². The monoisotopic (exact) mass is 398 g/mol. The predicted molar refractivity (Wildman–Crippen MR) is 121 cm³/mol. The first-order valence-electron chi connectivity index (χ1n) is 10.0. The van der Waals surface area contributed by atoms with Gasteiger partial charge in [-0.1, -0.05) is 24.3 Å². The van der Waals surface area contributed by atoms with Crippen LogP contribution >= 0.6 is 0 Å². The number of rotatable bonds is 10. The van der Waals surface area contributed by atoms with Gasteiger partial charge in [0.05, 0.1) is 13.2 Å². The van der Waals surface area contributed by atoms with Gasteiger partial charge in [0.25, 0.3) is 0 Å². The fourth-order valence-electron chi connectivity index (χ4n) is 2.77. The summed E-state index contributed by atoms with van der Waals surface area (Å²) >= 11 is 0. The topological polar surface area (TPSA) is 58.1 Å². The molecule has 2 rings (SSSR count). The van der Waals surface area contributed by atoms with Crippen molar-refractivity contribution >= 4 is 11.6 Å². The van der Waals surface area contributed by atoms with Crippen LogP contribution in [0.1, 0.15) is 23.6 Å². The van der Waals surface area contributed by atoms with E-state index in [1.54, 1.807) is 7.11 Å². The van der Waals surface area contributed by atoms with Gasteiger partial charge in [0.1, 0.15) is 12.4 Å². The van der Waals surface area contributed by atoms with Crippen molar-refractivity contribution in [1.82, 2.24) is 10.6 Å². The number of nitrogens with one attached hydrogen (secondary N) is 2. The van der Waals surface area contributed by atoms with E-state index >= 15 is 0 Å². The number of nitrogens with zero attached hydrogens (tertiary/aromatic N) is 2. The fraction of sp³-hybridized carbons (Fsp3) is 0.435. The largest absolute Gasteiger partial charge is 0.491 e. The normalized spacial score (nSPS) is 11.3. The van der Waals surface area contributed by atoms with E-state index in [-0.39, 0.29) is 0 Å². The van der Waals surface area contributed by atoms with Crippen LogP contribution in [0.5, 0.6) is 5.75 Å². The molecule has 29 heavy (non-hydrogen) atoms. The molecule has 0 spiro atoms. The lowest BCUT2D eigenvalue weighted by Crippen LogP contribution is -2.36. The first-order chi connectivity index (χ1) is 14.0. The molecule has 0 aliphatic heterocycles. The Hall–Kier alpha value is -2.73. The molecule has 0 atom stereocenters. The summed E-state index contributed by atoms with van der Waals surface area (Å²) in [5, 5.41) is 6.71. The second-order valence-corrected chi connectivity index (χ2v) is 7.06. The van der Waals surface area contributed by atoms with Gasteiger partial charge in [0, 0.05) is 45.5 Å². The van der Waals surface area contributed by atoms with Gasteiger partial charge in [-0.3, -0.25) is 0 Å². The lowest BCUT2D eigenvalue weighted by atomic mass is 10.1. The molecule has 158 valence electrons. The van der Waals surface area contributed by atoms with Gasteiger partial charge in [0.15, 0.2) is 5.96 Å². The van der Waals surface area contributed by atoms with Gasteiger partial charge >= 0.3 is 0 Å². The first kappa shape index (κ1) is 22.6. The average Bonchev–Trinajstić information content (AvgIpc) is 2.71. The molecule has 0 heterocycles. The molecule has 6 heteroatoms. The van der Waals surface area contributed by atoms with Crippen molar-refractivity contribution in [1.29, 1.82) is 0 Å². The summed E-state index contributed by atoms with van der Waals surface area (Å²) in [6.07, 6.45) is 0. The molecule has 0 radical (unpaired) electrons. The molecule has 2 aromatic rings. The van der Waals surface area contributed by atoms with Gasteiger partial charge in [-0.25, -0.2) is 4.99 Å². The van der Waals surface area contributed by atoms with E-state index in [9.17, 15) is 0 Å². The summed E-state index contributed by atoms with van der Waals surface area (Å²) in [5.74, 6) is 1.66. The van der Waals surface area contributed by atoms with Gasteiger partial charge in [0.2, 0.25) is 0 Å². The molecular formula is C23H34N4O2. The highest BCUT2D eigenvalue weighted by Crippen LogP contribution is 2.20. The summed E-state index contributed by atoms with van der Waals surface area (Å²) < 4.78 is 11.0. The van der Waals surface area contributed by atoms with Crippen molar-refractivity contribution in [3.63, 3.8) is 0 Å². The Bertz CT molecular complexity index is 773. The SMILES string of the molecule is CCNC(=NCc1ccc(N(C)C)cc1)NCc1ccc(C)cc1OCCOC. The lowest BCUT2D eigenvalue weighted by molar-refractivity contribution is 0.145. The summed E-state index contributed by atoms with van der Waals surface area (Å²) in [6.45, 7) is 7.28. The highest BCUT2D eigenvalue weighted by Gasteiger charge is 2.06. The van der Waals surface area contributed by atoms with E-state index in [4.69, 9.17) is 14.5 Å². The van der Waals surface area contributed by atoms with Crippen LogP contribution in [-0.4, -0.2) is 46.9 Å². The molecule has 0 saturated carbocycles. The zero-order valence-corrected chi connectivity index (χ0v) is 18.3. The molecule has 2 N–H and O–H groups in total. The van der Waals surface area contributed by atoms with Crippen LogP contribution in [0.15, 0.2) is 47.5 Å². The number of guanidine groups is 1. The fourth-order valence-corrected chi connectivity index (χ4v) is 2.77. The van der Waals surface area contributed by atoms with E-state index in [0.29, 0.717) is 26.3 Å². The van der Waals surface area contributed by atoms with Crippen molar-refractivity contribution in [3.05, 3.63) is 59.2 Å². The summed E-state index contributed by atoms with van der Waals surface area (Å²) in [7, 11) is 5.76. The summed E-state index contributed by atoms with van der Waals surface area (Å²) in [4.78, 5) is 6.81. The molecule has 0 fully saturated rings. The third-order valence-electron chi connectivity index (χ3n) is 4.43. The van der Waals surface area contributed by atoms with Crippen LogP contribution in [-0.2, 0) is 17.8 Å². The Labute approximate surface area is 174 Å².